The van der Waals surface area contributed by atoms with Gasteiger partial charge in [-0.2, -0.15) is 0 Å². The molecule has 14 heavy (non-hydrogen) atoms. The summed E-state index contributed by atoms with van der Waals surface area (Å²) in [6.45, 7) is 2.85. The van der Waals surface area contributed by atoms with Crippen LogP contribution in [0.5, 0.6) is 0 Å². The van der Waals surface area contributed by atoms with E-state index in [2.05, 4.69) is 36.9 Å². The molecule has 0 spiro atoms. The minimum absolute atomic E-state index is 0.589. The maximum Gasteiger partial charge on any atom is 0.343 e. The molecule has 1 atom stereocenters. The highest BCUT2D eigenvalue weighted by atomic mass is 79.9. The van der Waals surface area contributed by atoms with Crippen LogP contribution >= 0.6 is 39.5 Å². The van der Waals surface area contributed by atoms with Gasteiger partial charge in [-0.25, -0.2) is 9.76 Å². The molecule has 0 unspecified atom stereocenters. The van der Waals surface area contributed by atoms with Crippen LogP contribution in [-0.2, 0) is 9.09 Å². The van der Waals surface area contributed by atoms with Crippen molar-refractivity contribution in [2.24, 2.45) is 0 Å². The highest BCUT2D eigenvalue weighted by Crippen LogP contribution is 2.48. The molecule has 0 aromatic carbocycles. The van der Waals surface area contributed by atoms with Crippen LogP contribution in [0.15, 0.2) is 0 Å². The summed E-state index contributed by atoms with van der Waals surface area (Å²) in [5.74, 6) is 0. The molecule has 1 rings (SSSR count). The van der Waals surface area contributed by atoms with E-state index in [9.17, 15) is 4.57 Å². The predicted octanol–water partition coefficient (Wildman–Crippen LogP) is 2.20. The fourth-order valence-electron chi connectivity index (χ4n) is 1.32. The van der Waals surface area contributed by atoms with Gasteiger partial charge in [0.05, 0.1) is 6.61 Å². The first-order valence-electron chi connectivity index (χ1n) is 4.60. The van der Waals surface area contributed by atoms with Crippen molar-refractivity contribution >= 4 is 39.5 Å². The van der Waals surface area contributed by atoms with Gasteiger partial charge in [-0.1, -0.05) is 31.9 Å². The lowest BCUT2D eigenvalue weighted by molar-refractivity contribution is 0.204. The Kier molecular flexibility index (Phi) is 6.20. The van der Waals surface area contributed by atoms with Crippen molar-refractivity contribution in [3.05, 3.63) is 0 Å². The smallest absolute Gasteiger partial charge is 0.306 e. The first-order valence-corrected chi connectivity index (χ1v) is 8.42. The number of hydrogen-bond acceptors (Lipinski definition) is 2. The fourth-order valence-corrected chi connectivity index (χ4v) is 4.52. The zero-order chi connectivity index (χ0) is 10.4. The highest BCUT2D eigenvalue weighted by Gasteiger charge is 2.33. The van der Waals surface area contributed by atoms with Gasteiger partial charge in [-0.05, 0) is 6.42 Å². The Labute approximate surface area is 102 Å². The first kappa shape index (κ1) is 13.1. The van der Waals surface area contributed by atoms with Crippen molar-refractivity contribution in [3.8, 4) is 0 Å². The monoisotopic (exact) mass is 348 g/mol. The molecule has 0 saturated carbocycles. The van der Waals surface area contributed by atoms with E-state index in [4.69, 9.17) is 4.52 Å². The molecule has 4 nitrogen and oxygen atoms in total. The normalized spacial score (nSPS) is 29.3. The van der Waals surface area contributed by atoms with Crippen molar-refractivity contribution in [2.75, 3.05) is 36.9 Å². The predicted molar refractivity (Wildman–Crippen MR) is 65.3 cm³/mol. The molecule has 0 aromatic rings. The van der Waals surface area contributed by atoms with Crippen LogP contribution in [0.1, 0.15) is 6.42 Å². The van der Waals surface area contributed by atoms with Gasteiger partial charge in [-0.3, -0.25) is 4.57 Å². The van der Waals surface area contributed by atoms with Crippen LogP contribution in [-0.4, -0.2) is 41.6 Å². The van der Waals surface area contributed by atoms with E-state index >= 15 is 0 Å². The lowest BCUT2D eigenvalue weighted by Crippen LogP contribution is -2.36. The molecule has 7 heteroatoms. The van der Waals surface area contributed by atoms with Gasteiger partial charge in [0.25, 0.3) is 0 Å². The Balaban J connectivity index is 2.55. The summed E-state index contributed by atoms with van der Waals surface area (Å²) in [4.78, 5) is 0. The maximum atomic E-state index is 12.3. The summed E-state index contributed by atoms with van der Waals surface area (Å²) in [7, 11) is -2.73. The van der Waals surface area contributed by atoms with Crippen molar-refractivity contribution < 1.29 is 9.09 Å². The minimum atomic E-state index is -2.73. The summed E-state index contributed by atoms with van der Waals surface area (Å²) < 4.78 is 19.5. The maximum absolute atomic E-state index is 12.3. The van der Waals surface area contributed by atoms with Gasteiger partial charge in [-0.15, -0.1) is 0 Å². The second-order valence-corrected chi connectivity index (χ2v) is 6.71. The van der Waals surface area contributed by atoms with E-state index in [0.29, 0.717) is 13.2 Å². The number of nitrogens with zero attached hydrogens (tertiary/aromatic N) is 1. The molecule has 1 saturated heterocycles. The molecule has 0 bridgehead atoms. The lowest BCUT2D eigenvalue weighted by Gasteiger charge is -2.34. The Bertz CT molecular complexity index is 216. The Morgan fingerprint density at radius 1 is 1.43 bits per heavy atom. The zero-order valence-electron chi connectivity index (χ0n) is 7.92. The Morgan fingerprint density at radius 3 is 2.86 bits per heavy atom. The highest BCUT2D eigenvalue weighted by molar-refractivity contribution is 9.09. The number of halogens is 2. The van der Waals surface area contributed by atoms with E-state index in [1.807, 2.05) is 4.67 Å². The first-order chi connectivity index (χ1) is 6.73. The summed E-state index contributed by atoms with van der Waals surface area (Å²) in [5.41, 5.74) is 0. The zero-order valence-corrected chi connectivity index (χ0v) is 12.0. The molecule has 1 aliphatic rings. The van der Waals surface area contributed by atoms with Crippen LogP contribution in [0.2, 0.25) is 0 Å². The molecule has 1 fully saturated rings. The van der Waals surface area contributed by atoms with Crippen molar-refractivity contribution in [2.45, 2.75) is 6.42 Å². The van der Waals surface area contributed by atoms with Crippen LogP contribution < -0.4 is 5.09 Å². The molecule has 1 heterocycles. The average molecular weight is 350 g/mol. The van der Waals surface area contributed by atoms with Crippen molar-refractivity contribution in [1.82, 2.24) is 9.76 Å². The SMILES string of the molecule is O=[P@]1(NCCBr)OCCCN1CCBr. The van der Waals surface area contributed by atoms with Crippen molar-refractivity contribution in [1.29, 1.82) is 0 Å². The average Bonchev–Trinajstić information content (AvgIpc) is 2.19. The van der Waals surface area contributed by atoms with Gasteiger partial charge in [0.15, 0.2) is 0 Å². The van der Waals surface area contributed by atoms with E-state index in [-0.39, 0.29) is 0 Å². The van der Waals surface area contributed by atoms with E-state index in [1.165, 1.54) is 0 Å². The van der Waals surface area contributed by atoms with Gasteiger partial charge >= 0.3 is 7.67 Å². The minimum Gasteiger partial charge on any atom is -0.306 e. The van der Waals surface area contributed by atoms with E-state index in [1.54, 1.807) is 0 Å². The van der Waals surface area contributed by atoms with Crippen LogP contribution in [0.25, 0.3) is 0 Å². The standard InChI is InChI=1S/C7H15Br2N2O2P/c8-2-4-10-14(12)11(6-3-9)5-1-7-13-14/h1-7H2,(H,10,12)/t14-/m1/s1. The lowest BCUT2D eigenvalue weighted by atomic mass is 10.4. The number of rotatable bonds is 5. The summed E-state index contributed by atoms with van der Waals surface area (Å²) in [6, 6.07) is 0. The van der Waals surface area contributed by atoms with Gasteiger partial charge in [0.1, 0.15) is 0 Å². The second kappa shape index (κ2) is 6.61. The third kappa shape index (κ3) is 3.58. The van der Waals surface area contributed by atoms with Gasteiger partial charge in [0.2, 0.25) is 0 Å². The van der Waals surface area contributed by atoms with Crippen molar-refractivity contribution in [3.63, 3.8) is 0 Å². The Hall–Kier alpha value is 1.07. The van der Waals surface area contributed by atoms with Crippen LogP contribution in [0.3, 0.4) is 0 Å². The van der Waals surface area contributed by atoms with Gasteiger partial charge < -0.3 is 4.52 Å². The fraction of sp³-hybridized carbons (Fsp3) is 1.00. The molecule has 84 valence electrons. The number of hydrogen-bond donors (Lipinski definition) is 1. The molecule has 0 aliphatic carbocycles. The topological polar surface area (TPSA) is 41.6 Å². The number of nitrogens with one attached hydrogen (secondary N) is 1. The molecular formula is C7H15Br2N2O2P. The van der Waals surface area contributed by atoms with E-state index < -0.39 is 7.67 Å². The molecule has 0 amide bonds. The molecule has 0 radical (unpaired) electrons. The molecule has 1 N–H and O–H groups in total. The Morgan fingerprint density at radius 2 is 2.21 bits per heavy atom. The van der Waals surface area contributed by atoms with Crippen LogP contribution in [0, 0.1) is 0 Å². The van der Waals surface area contributed by atoms with Gasteiger partial charge in [0, 0.05) is 30.3 Å². The number of alkyl halides is 2. The summed E-state index contributed by atoms with van der Waals surface area (Å²) in [6.07, 6.45) is 0.951. The molecular weight excluding hydrogens is 335 g/mol. The van der Waals surface area contributed by atoms with Crippen LogP contribution in [0.4, 0.5) is 0 Å². The molecule has 0 aromatic heterocycles. The third-order valence-electron chi connectivity index (χ3n) is 1.95. The largest absolute Gasteiger partial charge is 0.343 e. The second-order valence-electron chi connectivity index (χ2n) is 2.95. The summed E-state index contributed by atoms with van der Waals surface area (Å²) in [5, 5.41) is 4.57. The third-order valence-corrected chi connectivity index (χ3v) is 5.00. The quantitative estimate of drug-likeness (QED) is 0.610. The van der Waals surface area contributed by atoms with E-state index in [0.717, 1.165) is 30.2 Å². The summed E-state index contributed by atoms with van der Waals surface area (Å²) >= 11 is 6.64. The molecule has 1 aliphatic heterocycles.